The van der Waals surface area contributed by atoms with Crippen molar-refractivity contribution in [3.63, 3.8) is 0 Å². The van der Waals surface area contributed by atoms with E-state index in [-0.39, 0.29) is 0 Å². The Bertz CT molecular complexity index is 1030. The highest BCUT2D eigenvalue weighted by Crippen LogP contribution is 2.36. The van der Waals surface area contributed by atoms with Gasteiger partial charge < -0.3 is 9.88 Å². The quantitative estimate of drug-likeness (QED) is 0.469. The minimum Gasteiger partial charge on any atom is -0.361 e. The maximum absolute atomic E-state index is 4.96. The summed E-state index contributed by atoms with van der Waals surface area (Å²) in [7, 11) is 4.24. The molecule has 4 rings (SSSR count). The van der Waals surface area contributed by atoms with Gasteiger partial charge in [0.1, 0.15) is 5.01 Å². The molecule has 1 atom stereocenters. The van der Waals surface area contributed by atoms with E-state index in [1.165, 1.54) is 33.3 Å². The average Bonchev–Trinajstić information content (AvgIpc) is 3.33. The van der Waals surface area contributed by atoms with Gasteiger partial charge in [-0.25, -0.2) is 4.98 Å². The monoisotopic (exact) mass is 375 g/mol. The maximum atomic E-state index is 4.96. The highest BCUT2D eigenvalue weighted by Gasteiger charge is 2.18. The molecular weight excluding hydrogens is 350 g/mol. The summed E-state index contributed by atoms with van der Waals surface area (Å²) >= 11 is 1.75. The SMILES string of the molecule is CC(c1c[nH]c2cccc(-c3nc(CCc4ccccc4)cs3)c12)N(C)C. The van der Waals surface area contributed by atoms with E-state index in [4.69, 9.17) is 4.98 Å². The fraction of sp³-hybridized carbons (Fsp3) is 0.261. The number of hydrogen-bond acceptors (Lipinski definition) is 3. The summed E-state index contributed by atoms with van der Waals surface area (Å²) in [5, 5.41) is 4.61. The van der Waals surface area contributed by atoms with Crippen molar-refractivity contribution in [2.45, 2.75) is 25.8 Å². The summed E-state index contributed by atoms with van der Waals surface area (Å²) in [4.78, 5) is 10.6. The predicted octanol–water partition coefficient (Wildman–Crippen LogP) is 5.70. The Morgan fingerprint density at radius 2 is 1.85 bits per heavy atom. The molecule has 0 bridgehead atoms. The Balaban J connectivity index is 1.65. The van der Waals surface area contributed by atoms with Gasteiger partial charge in [-0.05, 0) is 51.1 Å². The van der Waals surface area contributed by atoms with Crippen molar-refractivity contribution in [2.24, 2.45) is 0 Å². The summed E-state index contributed by atoms with van der Waals surface area (Å²) in [6.07, 6.45) is 4.15. The van der Waals surface area contributed by atoms with E-state index in [1.54, 1.807) is 11.3 Å². The lowest BCUT2D eigenvalue weighted by Crippen LogP contribution is -2.16. The van der Waals surface area contributed by atoms with Crippen LogP contribution in [0.3, 0.4) is 0 Å². The third-order valence-electron chi connectivity index (χ3n) is 5.26. The Hall–Kier alpha value is -2.43. The van der Waals surface area contributed by atoms with Crippen LogP contribution in [-0.4, -0.2) is 29.0 Å². The molecule has 0 spiro atoms. The first-order chi connectivity index (χ1) is 13.1. The number of hydrogen-bond donors (Lipinski definition) is 1. The van der Waals surface area contributed by atoms with Gasteiger partial charge in [0.15, 0.2) is 0 Å². The lowest BCUT2D eigenvalue weighted by molar-refractivity contribution is 0.323. The Kier molecular flexibility index (Phi) is 5.10. The molecule has 0 amide bonds. The normalized spacial score (nSPS) is 12.7. The minimum absolute atomic E-state index is 0.345. The lowest BCUT2D eigenvalue weighted by Gasteiger charge is -2.19. The summed E-state index contributed by atoms with van der Waals surface area (Å²) < 4.78 is 0. The second-order valence-electron chi connectivity index (χ2n) is 7.24. The molecule has 0 radical (unpaired) electrons. The summed E-state index contributed by atoms with van der Waals surface area (Å²) in [5.74, 6) is 0. The number of aryl methyl sites for hydroxylation is 2. The first-order valence-corrected chi connectivity index (χ1v) is 10.3. The van der Waals surface area contributed by atoms with Crippen molar-refractivity contribution < 1.29 is 0 Å². The second-order valence-corrected chi connectivity index (χ2v) is 8.10. The van der Waals surface area contributed by atoms with Gasteiger partial charge in [0.05, 0.1) is 5.69 Å². The van der Waals surface area contributed by atoms with Crippen LogP contribution < -0.4 is 0 Å². The van der Waals surface area contributed by atoms with Gasteiger partial charge in [-0.15, -0.1) is 11.3 Å². The number of H-pyrrole nitrogens is 1. The number of nitrogens with one attached hydrogen (secondary N) is 1. The van der Waals surface area contributed by atoms with Gasteiger partial charge in [0.2, 0.25) is 0 Å². The van der Waals surface area contributed by atoms with Crippen LogP contribution in [0.4, 0.5) is 0 Å². The molecular formula is C23H25N3S. The summed E-state index contributed by atoms with van der Waals surface area (Å²) in [5.41, 5.74) is 6.27. The number of rotatable bonds is 6. The average molecular weight is 376 g/mol. The van der Waals surface area contributed by atoms with Gasteiger partial charge in [-0.1, -0.05) is 42.5 Å². The first kappa shape index (κ1) is 18.0. The number of thiazole rings is 1. The van der Waals surface area contributed by atoms with E-state index >= 15 is 0 Å². The van der Waals surface area contributed by atoms with E-state index < -0.39 is 0 Å². The van der Waals surface area contributed by atoms with Crippen molar-refractivity contribution >= 4 is 22.2 Å². The summed E-state index contributed by atoms with van der Waals surface area (Å²) in [6.45, 7) is 2.24. The van der Waals surface area contributed by atoms with Gasteiger partial charge in [-0.2, -0.15) is 0 Å². The van der Waals surface area contributed by atoms with Crippen molar-refractivity contribution in [2.75, 3.05) is 14.1 Å². The highest BCUT2D eigenvalue weighted by molar-refractivity contribution is 7.13. The Morgan fingerprint density at radius 1 is 1.04 bits per heavy atom. The molecule has 1 unspecified atom stereocenters. The fourth-order valence-corrected chi connectivity index (χ4v) is 4.34. The molecule has 0 aliphatic rings. The topological polar surface area (TPSA) is 31.9 Å². The smallest absolute Gasteiger partial charge is 0.124 e. The zero-order valence-electron chi connectivity index (χ0n) is 16.1. The number of aromatic amines is 1. The Morgan fingerprint density at radius 3 is 2.63 bits per heavy atom. The molecule has 0 aliphatic heterocycles. The molecule has 1 N–H and O–H groups in total. The molecule has 138 valence electrons. The molecule has 0 saturated carbocycles. The molecule has 4 aromatic rings. The van der Waals surface area contributed by atoms with Crippen LogP contribution in [0.5, 0.6) is 0 Å². The van der Waals surface area contributed by atoms with Crippen molar-refractivity contribution in [1.82, 2.24) is 14.9 Å². The van der Waals surface area contributed by atoms with Gasteiger partial charge in [0.25, 0.3) is 0 Å². The van der Waals surface area contributed by atoms with Crippen LogP contribution in [-0.2, 0) is 12.8 Å². The molecule has 2 aromatic heterocycles. The number of nitrogens with zero attached hydrogens (tertiary/aromatic N) is 2. The molecule has 2 aromatic carbocycles. The van der Waals surface area contributed by atoms with E-state index in [1.807, 2.05) is 0 Å². The van der Waals surface area contributed by atoms with Crippen LogP contribution in [0.1, 0.15) is 29.8 Å². The third kappa shape index (κ3) is 3.68. The summed E-state index contributed by atoms with van der Waals surface area (Å²) in [6, 6.07) is 17.4. The van der Waals surface area contributed by atoms with Crippen LogP contribution >= 0.6 is 11.3 Å². The molecule has 4 heteroatoms. The first-order valence-electron chi connectivity index (χ1n) is 9.38. The maximum Gasteiger partial charge on any atom is 0.124 e. The standard InChI is InChI=1S/C23H25N3S/c1-16(26(2)3)20-14-24-21-11-7-10-19(22(20)21)23-25-18(15-27-23)13-12-17-8-5-4-6-9-17/h4-11,14-16,24H,12-13H2,1-3H3. The van der Waals surface area contributed by atoms with Gasteiger partial charge in [0, 0.05) is 34.1 Å². The van der Waals surface area contributed by atoms with E-state index in [9.17, 15) is 0 Å². The molecule has 3 nitrogen and oxygen atoms in total. The molecule has 27 heavy (non-hydrogen) atoms. The second kappa shape index (κ2) is 7.67. The fourth-order valence-electron chi connectivity index (χ4n) is 3.46. The molecule has 0 fully saturated rings. The third-order valence-corrected chi connectivity index (χ3v) is 6.18. The molecule has 0 saturated heterocycles. The highest BCUT2D eigenvalue weighted by atomic mass is 32.1. The number of aromatic nitrogens is 2. The van der Waals surface area contributed by atoms with E-state index in [2.05, 4.69) is 91.0 Å². The van der Waals surface area contributed by atoms with Gasteiger partial charge in [-0.3, -0.25) is 0 Å². The van der Waals surface area contributed by atoms with Crippen LogP contribution in [0, 0.1) is 0 Å². The van der Waals surface area contributed by atoms with Crippen molar-refractivity contribution in [3.8, 4) is 10.6 Å². The minimum atomic E-state index is 0.345. The predicted molar refractivity (Wildman–Crippen MR) is 115 cm³/mol. The van der Waals surface area contributed by atoms with Crippen LogP contribution in [0.15, 0.2) is 60.1 Å². The molecule has 2 heterocycles. The van der Waals surface area contributed by atoms with Crippen molar-refractivity contribution in [1.29, 1.82) is 0 Å². The van der Waals surface area contributed by atoms with E-state index in [0.29, 0.717) is 6.04 Å². The largest absolute Gasteiger partial charge is 0.361 e. The van der Waals surface area contributed by atoms with Crippen LogP contribution in [0.2, 0.25) is 0 Å². The van der Waals surface area contributed by atoms with Crippen molar-refractivity contribution in [3.05, 3.63) is 76.9 Å². The van der Waals surface area contributed by atoms with Gasteiger partial charge >= 0.3 is 0 Å². The lowest BCUT2D eigenvalue weighted by atomic mass is 10.0. The van der Waals surface area contributed by atoms with Crippen LogP contribution in [0.25, 0.3) is 21.5 Å². The zero-order valence-corrected chi connectivity index (χ0v) is 16.9. The van der Waals surface area contributed by atoms with E-state index in [0.717, 1.165) is 17.8 Å². The molecule has 0 aliphatic carbocycles. The zero-order chi connectivity index (χ0) is 18.8. The number of benzene rings is 2. The number of fused-ring (bicyclic) bond motifs is 1. The Labute approximate surface area is 164 Å².